The van der Waals surface area contributed by atoms with Crippen molar-refractivity contribution in [3.05, 3.63) is 36.5 Å². The second-order valence-electron chi connectivity index (χ2n) is 24.2. The normalized spacial score (nSPS) is 17.7. The number of unbranched alkanes of at least 4 members (excludes halogenated alkanes) is 41. The van der Waals surface area contributed by atoms with E-state index in [-0.39, 0.29) is 25.9 Å². The molecule has 0 bridgehead atoms. The molecule has 12 heteroatoms. The molecular formula is C71H128O12. The molecule has 0 amide bonds. The third-order valence-corrected chi connectivity index (χ3v) is 16.2. The Labute approximate surface area is 508 Å². The summed E-state index contributed by atoms with van der Waals surface area (Å²) in [4.78, 5) is 51.5. The van der Waals surface area contributed by atoms with Crippen molar-refractivity contribution < 1.29 is 58.2 Å². The van der Waals surface area contributed by atoms with E-state index in [0.717, 1.165) is 77.0 Å². The van der Waals surface area contributed by atoms with Gasteiger partial charge >= 0.3 is 23.9 Å². The zero-order chi connectivity index (χ0) is 60.3. The first-order valence-electron chi connectivity index (χ1n) is 35.0. The molecule has 6 atom stereocenters. The third kappa shape index (κ3) is 48.7. The highest BCUT2D eigenvalue weighted by Crippen LogP contribution is 2.27. The van der Waals surface area contributed by atoms with Crippen LogP contribution in [0.15, 0.2) is 36.5 Å². The summed E-state index contributed by atoms with van der Waals surface area (Å²) in [7, 11) is 0. The van der Waals surface area contributed by atoms with E-state index in [9.17, 15) is 34.5 Å². The summed E-state index contributed by atoms with van der Waals surface area (Å²) in [6.07, 6.45) is 59.5. The minimum absolute atomic E-state index is 0.0655. The molecule has 0 spiro atoms. The number of carbonyl (C=O) groups excluding carboxylic acids is 3. The van der Waals surface area contributed by atoms with E-state index in [4.69, 9.17) is 23.7 Å². The van der Waals surface area contributed by atoms with Gasteiger partial charge in [0.2, 0.25) is 0 Å². The Morgan fingerprint density at radius 3 is 1.12 bits per heavy atom. The monoisotopic (exact) mass is 1170 g/mol. The van der Waals surface area contributed by atoms with Crippen LogP contribution in [0.5, 0.6) is 0 Å². The minimum atomic E-state index is -1.90. The SMILES string of the molecule is CCCCC/C=C\C/C=C\CCCCCCCCCC(=O)OC(COC(=O)CCCCCCCCCCC/C=C\CCCCCCCC)COC1OC(C(=O)O)C(O)C(O)C1OC(=O)CCCCCCCCCCCCCCCCCCC. The number of carboxylic acid groups (broad SMARTS) is 1. The van der Waals surface area contributed by atoms with Gasteiger partial charge in [-0.1, -0.05) is 282 Å². The fraction of sp³-hybridized carbons (Fsp3) is 0.859. The van der Waals surface area contributed by atoms with Gasteiger partial charge in [0.25, 0.3) is 0 Å². The van der Waals surface area contributed by atoms with Gasteiger partial charge in [-0.05, 0) is 77.0 Å². The Bertz CT molecular complexity index is 1580. The lowest BCUT2D eigenvalue weighted by atomic mass is 9.98. The van der Waals surface area contributed by atoms with Gasteiger partial charge in [0, 0.05) is 19.3 Å². The molecule has 1 rings (SSSR count). The average molecular weight is 1170 g/mol. The number of carbonyl (C=O) groups is 4. The summed E-state index contributed by atoms with van der Waals surface area (Å²) >= 11 is 0. The Hall–Kier alpha value is -3.06. The van der Waals surface area contributed by atoms with Crippen LogP contribution in [0.3, 0.4) is 0 Å². The standard InChI is InChI=1S/C71H128O12/c1-4-7-10-13-16-19-22-25-28-31-32-35-36-39-42-45-48-51-54-57-63(72)79-60-62(81-64(73)58-55-52-49-46-43-40-37-33-29-26-23-20-17-14-11-8-5-2)61-80-71-69(67(76)66(75)68(83-71)70(77)78)82-65(74)59-56-53-50-47-44-41-38-34-30-27-24-21-18-15-12-9-6-3/h17,20,25-26,28-29,62,66-69,71,75-76H,4-16,18-19,21-24,27,30-61H2,1-3H3,(H,77,78)/b20-17-,28-25-,29-26-. The topological polar surface area (TPSA) is 175 Å². The van der Waals surface area contributed by atoms with Crippen molar-refractivity contribution in [3.63, 3.8) is 0 Å². The van der Waals surface area contributed by atoms with E-state index in [1.165, 1.54) is 205 Å². The van der Waals surface area contributed by atoms with Crippen LogP contribution in [0.4, 0.5) is 0 Å². The maximum Gasteiger partial charge on any atom is 0.335 e. The first-order valence-corrected chi connectivity index (χ1v) is 35.0. The van der Waals surface area contributed by atoms with Crippen LogP contribution in [-0.2, 0) is 42.9 Å². The molecular weight excluding hydrogens is 1040 g/mol. The molecule has 83 heavy (non-hydrogen) atoms. The van der Waals surface area contributed by atoms with Crippen molar-refractivity contribution in [3.8, 4) is 0 Å². The second kappa shape index (κ2) is 59.3. The van der Waals surface area contributed by atoms with Crippen molar-refractivity contribution in [2.45, 2.75) is 379 Å². The summed E-state index contributed by atoms with van der Waals surface area (Å²) < 4.78 is 28.6. The number of aliphatic hydroxyl groups excluding tert-OH is 2. The molecule has 0 aromatic carbocycles. The minimum Gasteiger partial charge on any atom is -0.479 e. The summed E-state index contributed by atoms with van der Waals surface area (Å²) in [5.41, 5.74) is 0. The Morgan fingerprint density at radius 2 is 0.723 bits per heavy atom. The first kappa shape index (κ1) is 78.0. The van der Waals surface area contributed by atoms with Crippen molar-refractivity contribution >= 4 is 23.9 Å². The predicted octanol–water partition coefficient (Wildman–Crippen LogP) is 19.1. The van der Waals surface area contributed by atoms with E-state index < -0.39 is 67.3 Å². The number of hydrogen-bond acceptors (Lipinski definition) is 11. The number of aliphatic hydroxyl groups is 2. The fourth-order valence-electron chi connectivity index (χ4n) is 10.8. The molecule has 3 N–H and O–H groups in total. The number of aliphatic carboxylic acids is 1. The van der Waals surface area contributed by atoms with Gasteiger partial charge in [-0.15, -0.1) is 0 Å². The molecule has 1 saturated heterocycles. The van der Waals surface area contributed by atoms with Crippen LogP contribution in [0.2, 0.25) is 0 Å². The number of hydrogen-bond donors (Lipinski definition) is 3. The molecule has 484 valence electrons. The van der Waals surface area contributed by atoms with E-state index in [2.05, 4.69) is 57.2 Å². The molecule has 1 heterocycles. The predicted molar refractivity (Wildman–Crippen MR) is 340 cm³/mol. The van der Waals surface area contributed by atoms with Crippen molar-refractivity contribution in [2.24, 2.45) is 0 Å². The number of esters is 3. The zero-order valence-electron chi connectivity index (χ0n) is 53.7. The molecule has 0 aromatic rings. The lowest BCUT2D eigenvalue weighted by molar-refractivity contribution is -0.301. The lowest BCUT2D eigenvalue weighted by Crippen LogP contribution is -2.61. The molecule has 1 aliphatic rings. The Morgan fingerprint density at radius 1 is 0.398 bits per heavy atom. The third-order valence-electron chi connectivity index (χ3n) is 16.2. The molecule has 0 aromatic heterocycles. The highest BCUT2D eigenvalue weighted by molar-refractivity contribution is 5.74. The highest BCUT2D eigenvalue weighted by atomic mass is 16.7. The van der Waals surface area contributed by atoms with Gasteiger partial charge in [0.15, 0.2) is 24.6 Å². The number of carboxylic acids is 1. The molecule has 6 unspecified atom stereocenters. The summed E-state index contributed by atoms with van der Waals surface area (Å²) in [5.74, 6) is -3.09. The maximum atomic E-state index is 13.2. The molecule has 12 nitrogen and oxygen atoms in total. The molecule has 0 radical (unpaired) electrons. The summed E-state index contributed by atoms with van der Waals surface area (Å²) in [5, 5.41) is 31.7. The fourth-order valence-corrected chi connectivity index (χ4v) is 10.8. The van der Waals surface area contributed by atoms with E-state index >= 15 is 0 Å². The van der Waals surface area contributed by atoms with Gasteiger partial charge in [-0.3, -0.25) is 14.4 Å². The van der Waals surface area contributed by atoms with Crippen LogP contribution in [0.25, 0.3) is 0 Å². The number of rotatable bonds is 61. The van der Waals surface area contributed by atoms with Crippen LogP contribution in [0.1, 0.15) is 342 Å². The van der Waals surface area contributed by atoms with Crippen molar-refractivity contribution in [1.29, 1.82) is 0 Å². The Balaban J connectivity index is 2.63. The summed E-state index contributed by atoms with van der Waals surface area (Å²) in [6.45, 7) is 6.03. The van der Waals surface area contributed by atoms with Gasteiger partial charge in [0.05, 0.1) is 6.61 Å². The van der Waals surface area contributed by atoms with Crippen LogP contribution >= 0.6 is 0 Å². The van der Waals surface area contributed by atoms with Crippen molar-refractivity contribution in [2.75, 3.05) is 13.2 Å². The number of ether oxygens (including phenoxy) is 5. The van der Waals surface area contributed by atoms with Gasteiger partial charge in [-0.2, -0.15) is 0 Å². The van der Waals surface area contributed by atoms with E-state index in [1.54, 1.807) is 0 Å². The van der Waals surface area contributed by atoms with Crippen molar-refractivity contribution in [1.82, 2.24) is 0 Å². The second-order valence-corrected chi connectivity index (χ2v) is 24.2. The maximum absolute atomic E-state index is 13.2. The smallest absolute Gasteiger partial charge is 0.335 e. The van der Waals surface area contributed by atoms with Gasteiger partial charge in [-0.25, -0.2) is 4.79 Å². The highest BCUT2D eigenvalue weighted by Gasteiger charge is 2.50. The zero-order valence-corrected chi connectivity index (χ0v) is 53.7. The summed E-state index contributed by atoms with van der Waals surface area (Å²) in [6, 6.07) is 0. The molecule has 1 aliphatic heterocycles. The van der Waals surface area contributed by atoms with E-state index in [1.807, 2.05) is 0 Å². The largest absolute Gasteiger partial charge is 0.479 e. The van der Waals surface area contributed by atoms with Crippen LogP contribution < -0.4 is 0 Å². The lowest BCUT2D eigenvalue weighted by Gasteiger charge is -2.40. The van der Waals surface area contributed by atoms with E-state index in [0.29, 0.717) is 19.3 Å². The molecule has 0 saturated carbocycles. The van der Waals surface area contributed by atoms with Gasteiger partial charge < -0.3 is 39.0 Å². The molecule has 0 aliphatic carbocycles. The van der Waals surface area contributed by atoms with Gasteiger partial charge in [0.1, 0.15) is 18.8 Å². The molecule has 1 fully saturated rings. The van der Waals surface area contributed by atoms with Crippen LogP contribution in [-0.4, -0.2) is 89.2 Å². The quantitative estimate of drug-likeness (QED) is 0.0228. The van der Waals surface area contributed by atoms with Crippen LogP contribution in [0, 0.1) is 0 Å². The Kier molecular flexibility index (Phi) is 55.7. The first-order chi connectivity index (χ1) is 40.6. The number of allylic oxidation sites excluding steroid dienone is 6. The average Bonchev–Trinajstić information content (AvgIpc) is 3.59.